The molecule has 0 bridgehead atoms. The molecule has 4 unspecified atom stereocenters. The van der Waals surface area contributed by atoms with E-state index >= 15 is 0 Å². The fourth-order valence-electron chi connectivity index (χ4n) is 3.60. The first-order valence-corrected chi connectivity index (χ1v) is 7.57. The van der Waals surface area contributed by atoms with Crippen molar-refractivity contribution in [2.75, 3.05) is 13.1 Å². The Morgan fingerprint density at radius 1 is 1.18 bits per heavy atom. The van der Waals surface area contributed by atoms with Gasteiger partial charge in [-0.1, -0.05) is 33.6 Å². The van der Waals surface area contributed by atoms with Crippen LogP contribution in [0.4, 0.5) is 0 Å². The SMILES string of the molecule is CC(C)C1CCCC(N2CCC(C)C(N)C2)C1. The van der Waals surface area contributed by atoms with Crippen molar-refractivity contribution in [1.82, 2.24) is 4.90 Å². The second kappa shape index (κ2) is 5.71. The van der Waals surface area contributed by atoms with E-state index in [1.807, 2.05) is 0 Å². The first-order valence-electron chi connectivity index (χ1n) is 7.57. The molecule has 100 valence electrons. The molecular weight excluding hydrogens is 208 g/mol. The van der Waals surface area contributed by atoms with Crippen molar-refractivity contribution >= 4 is 0 Å². The monoisotopic (exact) mass is 238 g/mol. The Kier molecular flexibility index (Phi) is 4.48. The van der Waals surface area contributed by atoms with Gasteiger partial charge in [0.25, 0.3) is 0 Å². The zero-order valence-corrected chi connectivity index (χ0v) is 11.9. The third-order valence-electron chi connectivity index (χ3n) is 5.19. The highest BCUT2D eigenvalue weighted by atomic mass is 15.2. The van der Waals surface area contributed by atoms with Gasteiger partial charge in [-0.3, -0.25) is 4.90 Å². The summed E-state index contributed by atoms with van der Waals surface area (Å²) < 4.78 is 0. The molecule has 2 rings (SSSR count). The van der Waals surface area contributed by atoms with E-state index in [0.717, 1.165) is 30.3 Å². The van der Waals surface area contributed by atoms with Crippen LogP contribution >= 0.6 is 0 Å². The highest BCUT2D eigenvalue weighted by molar-refractivity contribution is 4.88. The van der Waals surface area contributed by atoms with Gasteiger partial charge in [0.15, 0.2) is 0 Å². The first kappa shape index (κ1) is 13.4. The molecule has 0 amide bonds. The van der Waals surface area contributed by atoms with Gasteiger partial charge in [0.05, 0.1) is 0 Å². The molecule has 1 heterocycles. The van der Waals surface area contributed by atoms with E-state index in [4.69, 9.17) is 5.73 Å². The number of nitrogens with two attached hydrogens (primary N) is 1. The topological polar surface area (TPSA) is 29.3 Å². The maximum Gasteiger partial charge on any atom is 0.0194 e. The molecule has 0 radical (unpaired) electrons. The van der Waals surface area contributed by atoms with Crippen LogP contribution in [-0.4, -0.2) is 30.1 Å². The van der Waals surface area contributed by atoms with Crippen LogP contribution in [0, 0.1) is 17.8 Å². The summed E-state index contributed by atoms with van der Waals surface area (Å²) in [5.41, 5.74) is 6.23. The number of hydrogen-bond donors (Lipinski definition) is 1. The molecule has 0 aromatic heterocycles. The number of likely N-dealkylation sites (tertiary alicyclic amines) is 1. The maximum absolute atomic E-state index is 6.23. The van der Waals surface area contributed by atoms with Crippen molar-refractivity contribution < 1.29 is 0 Å². The van der Waals surface area contributed by atoms with Gasteiger partial charge in [0.1, 0.15) is 0 Å². The summed E-state index contributed by atoms with van der Waals surface area (Å²) in [6.45, 7) is 9.49. The quantitative estimate of drug-likeness (QED) is 0.801. The van der Waals surface area contributed by atoms with Gasteiger partial charge >= 0.3 is 0 Å². The molecule has 2 heteroatoms. The Labute approximate surface area is 107 Å². The molecule has 1 aliphatic carbocycles. The zero-order valence-electron chi connectivity index (χ0n) is 11.9. The summed E-state index contributed by atoms with van der Waals surface area (Å²) in [6.07, 6.45) is 6.99. The van der Waals surface area contributed by atoms with Gasteiger partial charge in [-0.15, -0.1) is 0 Å². The lowest BCUT2D eigenvalue weighted by Gasteiger charge is -2.43. The summed E-state index contributed by atoms with van der Waals surface area (Å²) in [5, 5.41) is 0. The van der Waals surface area contributed by atoms with E-state index in [1.165, 1.54) is 38.6 Å². The lowest BCUT2D eigenvalue weighted by atomic mass is 9.78. The molecule has 1 saturated carbocycles. The third-order valence-corrected chi connectivity index (χ3v) is 5.19. The van der Waals surface area contributed by atoms with Gasteiger partial charge in [0.2, 0.25) is 0 Å². The fourth-order valence-corrected chi connectivity index (χ4v) is 3.60. The number of piperidine rings is 1. The van der Waals surface area contributed by atoms with Crippen molar-refractivity contribution in [2.45, 2.75) is 65.0 Å². The minimum Gasteiger partial charge on any atom is -0.326 e. The standard InChI is InChI=1S/C15H30N2/c1-11(2)13-5-4-6-14(9-13)17-8-7-12(3)15(16)10-17/h11-15H,4-10,16H2,1-3H3. The van der Waals surface area contributed by atoms with Gasteiger partial charge in [0, 0.05) is 18.6 Å². The summed E-state index contributed by atoms with van der Waals surface area (Å²) >= 11 is 0. The minimum absolute atomic E-state index is 0.406. The largest absolute Gasteiger partial charge is 0.326 e. The summed E-state index contributed by atoms with van der Waals surface area (Å²) in [4.78, 5) is 2.69. The number of rotatable bonds is 2. The van der Waals surface area contributed by atoms with Gasteiger partial charge in [-0.05, 0) is 43.6 Å². The lowest BCUT2D eigenvalue weighted by Crippen LogP contribution is -2.52. The fraction of sp³-hybridized carbons (Fsp3) is 1.00. The molecular formula is C15H30N2. The smallest absolute Gasteiger partial charge is 0.0194 e. The average Bonchev–Trinajstić information content (AvgIpc) is 2.33. The van der Waals surface area contributed by atoms with E-state index in [1.54, 1.807) is 0 Å². The molecule has 2 aliphatic rings. The van der Waals surface area contributed by atoms with Gasteiger partial charge in [-0.25, -0.2) is 0 Å². The average molecular weight is 238 g/mol. The van der Waals surface area contributed by atoms with Crippen LogP contribution in [0.5, 0.6) is 0 Å². The van der Waals surface area contributed by atoms with Crippen LogP contribution in [0.3, 0.4) is 0 Å². The molecule has 4 atom stereocenters. The van der Waals surface area contributed by atoms with Gasteiger partial charge < -0.3 is 5.73 Å². The second-order valence-electron chi connectivity index (χ2n) is 6.75. The van der Waals surface area contributed by atoms with E-state index in [0.29, 0.717) is 6.04 Å². The van der Waals surface area contributed by atoms with Crippen LogP contribution in [0.15, 0.2) is 0 Å². The Bertz CT molecular complexity index is 239. The molecule has 2 nitrogen and oxygen atoms in total. The molecule has 1 aliphatic heterocycles. The normalized spacial score (nSPS) is 40.8. The molecule has 2 N–H and O–H groups in total. The highest BCUT2D eigenvalue weighted by Crippen LogP contribution is 2.33. The predicted molar refractivity (Wildman–Crippen MR) is 73.9 cm³/mol. The molecule has 17 heavy (non-hydrogen) atoms. The summed E-state index contributed by atoms with van der Waals surface area (Å²) in [6, 6.07) is 1.23. The molecule has 0 aromatic rings. The van der Waals surface area contributed by atoms with Crippen LogP contribution in [-0.2, 0) is 0 Å². The van der Waals surface area contributed by atoms with Crippen LogP contribution in [0.2, 0.25) is 0 Å². The minimum atomic E-state index is 0.406. The number of hydrogen-bond acceptors (Lipinski definition) is 2. The Hall–Kier alpha value is -0.0800. The van der Waals surface area contributed by atoms with Crippen LogP contribution in [0.1, 0.15) is 52.9 Å². The molecule has 1 saturated heterocycles. The van der Waals surface area contributed by atoms with Crippen molar-refractivity contribution in [1.29, 1.82) is 0 Å². The third kappa shape index (κ3) is 3.23. The van der Waals surface area contributed by atoms with Crippen molar-refractivity contribution in [3.05, 3.63) is 0 Å². The second-order valence-corrected chi connectivity index (χ2v) is 6.75. The Morgan fingerprint density at radius 3 is 2.59 bits per heavy atom. The van der Waals surface area contributed by atoms with Crippen LogP contribution in [0.25, 0.3) is 0 Å². The highest BCUT2D eigenvalue weighted by Gasteiger charge is 2.32. The Morgan fingerprint density at radius 2 is 1.94 bits per heavy atom. The Balaban J connectivity index is 1.89. The van der Waals surface area contributed by atoms with Crippen molar-refractivity contribution in [3.8, 4) is 0 Å². The first-order chi connectivity index (χ1) is 8.08. The van der Waals surface area contributed by atoms with Crippen molar-refractivity contribution in [2.24, 2.45) is 23.5 Å². The van der Waals surface area contributed by atoms with E-state index < -0.39 is 0 Å². The lowest BCUT2D eigenvalue weighted by molar-refractivity contribution is 0.0723. The zero-order chi connectivity index (χ0) is 12.4. The molecule has 0 spiro atoms. The number of nitrogens with zero attached hydrogens (tertiary/aromatic N) is 1. The van der Waals surface area contributed by atoms with Gasteiger partial charge in [-0.2, -0.15) is 0 Å². The van der Waals surface area contributed by atoms with Crippen molar-refractivity contribution in [3.63, 3.8) is 0 Å². The molecule has 2 fully saturated rings. The van der Waals surface area contributed by atoms with E-state index in [2.05, 4.69) is 25.7 Å². The van der Waals surface area contributed by atoms with E-state index in [9.17, 15) is 0 Å². The molecule has 0 aromatic carbocycles. The summed E-state index contributed by atoms with van der Waals surface area (Å²) in [7, 11) is 0. The van der Waals surface area contributed by atoms with Crippen LogP contribution < -0.4 is 5.73 Å². The maximum atomic E-state index is 6.23. The van der Waals surface area contributed by atoms with E-state index in [-0.39, 0.29) is 0 Å². The predicted octanol–water partition coefficient (Wildman–Crippen LogP) is 2.87. The summed E-state index contributed by atoms with van der Waals surface area (Å²) in [5.74, 6) is 2.52.